The predicted octanol–water partition coefficient (Wildman–Crippen LogP) is 1.71. The van der Waals surface area contributed by atoms with Crippen LogP contribution >= 0.6 is 0 Å². The van der Waals surface area contributed by atoms with Crippen molar-refractivity contribution in [2.75, 3.05) is 7.11 Å². The minimum Gasteiger partial charge on any atom is -0.507 e. The highest BCUT2D eigenvalue weighted by atomic mass is 16.5. The van der Waals surface area contributed by atoms with Gasteiger partial charge in [0.1, 0.15) is 28.9 Å². The summed E-state index contributed by atoms with van der Waals surface area (Å²) in [6.45, 7) is 1.09. The molecule has 3 rings (SSSR count). The molecular weight excluding hydrogens is 368 g/mol. The number of aromatic hydroxyl groups is 2. The monoisotopic (exact) mass is 384 g/mol. The minimum atomic E-state index is -1.47. The molecule has 2 aromatic rings. The lowest BCUT2D eigenvalue weighted by Crippen LogP contribution is -2.25. The van der Waals surface area contributed by atoms with Gasteiger partial charge in [0.15, 0.2) is 5.78 Å². The molecule has 0 bridgehead atoms. The summed E-state index contributed by atoms with van der Waals surface area (Å²) in [5.41, 5.74) is -0.980. The number of carbonyl (C=O) groups is 4. The lowest BCUT2D eigenvalue weighted by atomic mass is 9.80. The number of hydrogen-bond donors (Lipinski definition) is 3. The van der Waals surface area contributed by atoms with Crippen LogP contribution in [0, 0.1) is 5.92 Å². The van der Waals surface area contributed by atoms with Crippen LogP contribution in [0.5, 0.6) is 17.2 Å². The number of benzene rings is 2. The van der Waals surface area contributed by atoms with Gasteiger partial charge in [0.2, 0.25) is 5.78 Å². The van der Waals surface area contributed by atoms with Crippen molar-refractivity contribution in [2.45, 2.75) is 13.3 Å². The topological polar surface area (TPSA) is 138 Å². The van der Waals surface area contributed by atoms with Crippen molar-refractivity contribution < 1.29 is 39.2 Å². The molecule has 0 saturated carbocycles. The Hall–Kier alpha value is -3.68. The van der Waals surface area contributed by atoms with Crippen LogP contribution in [0.25, 0.3) is 0 Å². The Balaban J connectivity index is 2.23. The summed E-state index contributed by atoms with van der Waals surface area (Å²) in [4.78, 5) is 48.7. The molecule has 0 aromatic heterocycles. The molecule has 0 spiro atoms. The highest BCUT2D eigenvalue weighted by Crippen LogP contribution is 2.42. The first kappa shape index (κ1) is 19.1. The molecular formula is C20H16O8. The number of carbonyl (C=O) groups excluding carboxylic acids is 3. The molecule has 0 fully saturated rings. The molecule has 8 heteroatoms. The maximum absolute atomic E-state index is 13.0. The van der Waals surface area contributed by atoms with Gasteiger partial charge in [-0.3, -0.25) is 19.2 Å². The van der Waals surface area contributed by atoms with Crippen LogP contribution < -0.4 is 4.74 Å². The summed E-state index contributed by atoms with van der Waals surface area (Å²) in [6.07, 6.45) is -0.447. The second-order valence-electron chi connectivity index (χ2n) is 6.40. The van der Waals surface area contributed by atoms with E-state index >= 15 is 0 Å². The average molecular weight is 384 g/mol. The van der Waals surface area contributed by atoms with Crippen molar-refractivity contribution in [1.82, 2.24) is 0 Å². The van der Waals surface area contributed by atoms with E-state index in [4.69, 9.17) is 4.74 Å². The van der Waals surface area contributed by atoms with Crippen LogP contribution in [0.4, 0.5) is 0 Å². The number of phenols is 2. The third kappa shape index (κ3) is 2.79. The van der Waals surface area contributed by atoms with Crippen LogP contribution in [0.3, 0.4) is 0 Å². The number of fused-ring (bicyclic) bond motifs is 2. The van der Waals surface area contributed by atoms with Gasteiger partial charge in [-0.15, -0.1) is 0 Å². The molecule has 0 radical (unpaired) electrons. The number of ether oxygens (including phenoxy) is 1. The molecule has 1 unspecified atom stereocenters. The normalized spacial score (nSPS) is 13.5. The zero-order valence-corrected chi connectivity index (χ0v) is 15.0. The lowest BCUT2D eigenvalue weighted by Gasteiger charge is -2.23. The predicted molar refractivity (Wildman–Crippen MR) is 95.1 cm³/mol. The number of Topliss-reactive ketones (excluding diaryl/α,β-unsaturated/α-hetero) is 1. The van der Waals surface area contributed by atoms with E-state index in [-0.39, 0.29) is 28.0 Å². The van der Waals surface area contributed by atoms with Gasteiger partial charge >= 0.3 is 5.97 Å². The first-order valence-corrected chi connectivity index (χ1v) is 8.26. The fraction of sp³-hybridized carbons (Fsp3) is 0.200. The van der Waals surface area contributed by atoms with Crippen molar-refractivity contribution in [2.24, 2.45) is 5.92 Å². The van der Waals surface area contributed by atoms with E-state index in [2.05, 4.69) is 0 Å². The molecule has 2 aromatic carbocycles. The van der Waals surface area contributed by atoms with E-state index in [0.29, 0.717) is 0 Å². The largest absolute Gasteiger partial charge is 0.507 e. The van der Waals surface area contributed by atoms with Crippen LogP contribution in [0.15, 0.2) is 24.3 Å². The fourth-order valence-corrected chi connectivity index (χ4v) is 3.33. The first-order valence-electron chi connectivity index (χ1n) is 8.26. The smallest absolute Gasteiger partial charge is 0.314 e. The minimum absolute atomic E-state index is 0.0199. The molecule has 3 N–H and O–H groups in total. The van der Waals surface area contributed by atoms with E-state index in [1.807, 2.05) is 0 Å². The SMILES string of the molecule is COc1cccc2c1C(=O)c1c(O)c(CC(C(C)=O)C(=O)O)cc(O)c1C2=O. The van der Waals surface area contributed by atoms with Crippen molar-refractivity contribution in [1.29, 1.82) is 0 Å². The standard InChI is InChI=1S/C20H16O8/c1-8(21)11(20(26)27)6-9-7-12(22)15-16(17(9)23)19(25)14-10(18(15)24)4-3-5-13(14)28-2/h3-5,7,11,22-23H,6H2,1-2H3,(H,26,27). The number of phenolic OH excluding ortho intramolecular Hbond substituents is 2. The Kier molecular flexibility index (Phi) is 4.64. The summed E-state index contributed by atoms with van der Waals surface area (Å²) < 4.78 is 5.13. The van der Waals surface area contributed by atoms with Crippen molar-refractivity contribution in [3.8, 4) is 17.2 Å². The van der Waals surface area contributed by atoms with Gasteiger partial charge in [-0.25, -0.2) is 0 Å². The summed E-state index contributed by atoms with van der Waals surface area (Å²) in [6, 6.07) is 5.40. The number of carboxylic acids is 1. The highest BCUT2D eigenvalue weighted by Gasteiger charge is 2.38. The Morgan fingerprint density at radius 2 is 1.75 bits per heavy atom. The molecule has 1 aliphatic carbocycles. The third-order valence-electron chi connectivity index (χ3n) is 4.74. The quantitative estimate of drug-likeness (QED) is 0.446. The van der Waals surface area contributed by atoms with E-state index in [0.717, 1.165) is 13.0 Å². The van der Waals surface area contributed by atoms with Crippen LogP contribution in [-0.4, -0.2) is 45.7 Å². The van der Waals surface area contributed by atoms with Gasteiger partial charge in [0, 0.05) is 5.56 Å². The number of hydrogen-bond acceptors (Lipinski definition) is 7. The zero-order valence-electron chi connectivity index (χ0n) is 15.0. The van der Waals surface area contributed by atoms with Crippen LogP contribution in [-0.2, 0) is 16.0 Å². The Morgan fingerprint density at radius 3 is 2.32 bits per heavy atom. The Morgan fingerprint density at radius 1 is 1.07 bits per heavy atom. The lowest BCUT2D eigenvalue weighted by molar-refractivity contribution is -0.145. The van der Waals surface area contributed by atoms with E-state index in [1.165, 1.54) is 25.3 Å². The number of carboxylic acid groups (broad SMARTS) is 1. The highest BCUT2D eigenvalue weighted by molar-refractivity contribution is 6.31. The van der Waals surface area contributed by atoms with Gasteiger partial charge in [-0.1, -0.05) is 12.1 Å². The number of methoxy groups -OCH3 is 1. The molecule has 1 aliphatic rings. The van der Waals surface area contributed by atoms with E-state index in [1.54, 1.807) is 0 Å². The van der Waals surface area contributed by atoms with Crippen molar-refractivity contribution in [3.05, 3.63) is 52.1 Å². The molecule has 144 valence electrons. The fourth-order valence-electron chi connectivity index (χ4n) is 3.33. The van der Waals surface area contributed by atoms with E-state index < -0.39 is 52.7 Å². The molecule has 28 heavy (non-hydrogen) atoms. The molecule has 0 saturated heterocycles. The van der Waals surface area contributed by atoms with E-state index in [9.17, 15) is 34.5 Å². The number of rotatable bonds is 5. The van der Waals surface area contributed by atoms with Crippen LogP contribution in [0.1, 0.15) is 44.3 Å². The molecule has 0 heterocycles. The summed E-state index contributed by atoms with van der Waals surface area (Å²) >= 11 is 0. The maximum atomic E-state index is 13.0. The molecule has 0 aliphatic heterocycles. The van der Waals surface area contributed by atoms with Gasteiger partial charge in [-0.2, -0.15) is 0 Å². The zero-order chi connectivity index (χ0) is 20.7. The van der Waals surface area contributed by atoms with Gasteiger partial charge < -0.3 is 20.1 Å². The van der Waals surface area contributed by atoms with Crippen molar-refractivity contribution >= 4 is 23.3 Å². The maximum Gasteiger partial charge on any atom is 0.314 e. The third-order valence-corrected chi connectivity index (χ3v) is 4.74. The van der Waals surface area contributed by atoms with Gasteiger partial charge in [0.05, 0.1) is 23.8 Å². The summed E-state index contributed by atoms with van der Waals surface area (Å²) in [5.74, 6) is -6.05. The average Bonchev–Trinajstić information content (AvgIpc) is 2.64. The summed E-state index contributed by atoms with van der Waals surface area (Å²) in [5, 5.41) is 30.2. The number of aliphatic carboxylic acids is 1. The second kappa shape index (κ2) is 6.80. The molecule has 0 amide bonds. The molecule has 8 nitrogen and oxygen atoms in total. The second-order valence-corrected chi connectivity index (χ2v) is 6.40. The molecule has 1 atom stereocenters. The van der Waals surface area contributed by atoms with Gasteiger partial charge in [-0.05, 0) is 31.0 Å². The van der Waals surface area contributed by atoms with Gasteiger partial charge in [0.25, 0.3) is 0 Å². The van der Waals surface area contributed by atoms with Crippen molar-refractivity contribution in [3.63, 3.8) is 0 Å². The first-order chi connectivity index (χ1) is 13.2. The van der Waals surface area contributed by atoms with Crippen LogP contribution in [0.2, 0.25) is 0 Å². The summed E-state index contributed by atoms with van der Waals surface area (Å²) in [7, 11) is 1.32. The Labute approximate surface area is 159 Å². The Bertz CT molecular complexity index is 1040. The number of ketones is 3.